The number of imide groups is 1. The molecule has 2 N–H and O–H groups in total. The van der Waals surface area contributed by atoms with Gasteiger partial charge in [0, 0.05) is 6.54 Å². The Morgan fingerprint density at radius 2 is 2.24 bits per heavy atom. The first-order chi connectivity index (χ1) is 10.2. The summed E-state index contributed by atoms with van der Waals surface area (Å²) in [7, 11) is 0. The first kappa shape index (κ1) is 15.6. The highest BCUT2D eigenvalue weighted by atomic mass is 16.3. The highest BCUT2D eigenvalue weighted by Gasteiger charge is 2.26. The number of urea groups is 1. The van der Waals surface area contributed by atoms with E-state index in [0.717, 1.165) is 38.0 Å². The predicted octanol–water partition coefficient (Wildman–Crippen LogP) is 2.04. The topological polar surface area (TPSA) is 74.6 Å². The van der Waals surface area contributed by atoms with E-state index in [1.165, 1.54) is 0 Å². The van der Waals surface area contributed by atoms with Crippen molar-refractivity contribution in [2.45, 2.75) is 38.6 Å². The van der Waals surface area contributed by atoms with Crippen LogP contribution in [-0.2, 0) is 4.79 Å². The van der Waals surface area contributed by atoms with E-state index in [0.29, 0.717) is 6.54 Å². The molecule has 0 aromatic carbocycles. The maximum atomic E-state index is 12.0. The fraction of sp³-hybridized carbons (Fsp3) is 0.600. The van der Waals surface area contributed by atoms with Crippen LogP contribution in [0.3, 0.4) is 0 Å². The van der Waals surface area contributed by atoms with Crippen molar-refractivity contribution in [2.75, 3.05) is 19.6 Å². The molecule has 2 rings (SSSR count). The third-order valence-electron chi connectivity index (χ3n) is 3.67. The van der Waals surface area contributed by atoms with Gasteiger partial charge in [-0.25, -0.2) is 4.79 Å². The van der Waals surface area contributed by atoms with Crippen molar-refractivity contribution in [3.8, 4) is 0 Å². The molecule has 1 unspecified atom stereocenters. The summed E-state index contributed by atoms with van der Waals surface area (Å²) in [6.45, 7) is 3.36. The molecule has 0 spiro atoms. The van der Waals surface area contributed by atoms with E-state index in [1.807, 2.05) is 19.1 Å². The van der Waals surface area contributed by atoms with Crippen LogP contribution in [0.4, 0.5) is 4.79 Å². The van der Waals surface area contributed by atoms with E-state index < -0.39 is 6.03 Å². The fourth-order valence-electron chi connectivity index (χ4n) is 2.72. The van der Waals surface area contributed by atoms with Crippen LogP contribution in [0.1, 0.15) is 44.4 Å². The lowest BCUT2D eigenvalue weighted by molar-refractivity contribution is -0.121. The van der Waals surface area contributed by atoms with Gasteiger partial charge >= 0.3 is 6.03 Å². The van der Waals surface area contributed by atoms with Crippen molar-refractivity contribution in [1.82, 2.24) is 15.5 Å². The minimum absolute atomic E-state index is 0.113. The van der Waals surface area contributed by atoms with Gasteiger partial charge in [0.1, 0.15) is 5.76 Å². The standard InChI is InChI=1S/C15H23N3O3/c1-2-16-15(20)17-14(19)11-18-9-5-3-4-7-12(18)13-8-6-10-21-13/h6,8,10,12H,2-5,7,9,11H2,1H3,(H2,16,17,19,20). The minimum atomic E-state index is -0.438. The first-order valence-electron chi connectivity index (χ1n) is 7.56. The van der Waals surface area contributed by atoms with Crippen molar-refractivity contribution < 1.29 is 14.0 Å². The number of likely N-dealkylation sites (tertiary alicyclic amines) is 1. The van der Waals surface area contributed by atoms with Crippen LogP contribution >= 0.6 is 0 Å². The van der Waals surface area contributed by atoms with Crippen molar-refractivity contribution in [2.24, 2.45) is 0 Å². The largest absolute Gasteiger partial charge is 0.468 e. The molecule has 116 valence electrons. The van der Waals surface area contributed by atoms with Gasteiger partial charge in [-0.3, -0.25) is 15.0 Å². The molecule has 6 nitrogen and oxygen atoms in total. The highest BCUT2D eigenvalue weighted by Crippen LogP contribution is 2.29. The molecule has 1 aromatic heterocycles. The van der Waals surface area contributed by atoms with Crippen LogP contribution in [0.15, 0.2) is 22.8 Å². The quantitative estimate of drug-likeness (QED) is 0.891. The number of rotatable bonds is 4. The Bertz CT molecular complexity index is 459. The Morgan fingerprint density at radius 1 is 1.38 bits per heavy atom. The van der Waals surface area contributed by atoms with Gasteiger partial charge in [-0.05, 0) is 38.4 Å². The zero-order chi connectivity index (χ0) is 15.1. The van der Waals surface area contributed by atoms with E-state index in [9.17, 15) is 9.59 Å². The van der Waals surface area contributed by atoms with E-state index >= 15 is 0 Å². The average Bonchev–Trinajstić information content (AvgIpc) is 2.87. The van der Waals surface area contributed by atoms with Gasteiger partial charge < -0.3 is 9.73 Å². The highest BCUT2D eigenvalue weighted by molar-refractivity contribution is 5.95. The molecule has 1 aliphatic heterocycles. The summed E-state index contributed by atoms with van der Waals surface area (Å²) in [5.74, 6) is 0.613. The molecule has 1 saturated heterocycles. The molecule has 0 aliphatic carbocycles. The van der Waals surface area contributed by atoms with Gasteiger partial charge in [0.2, 0.25) is 5.91 Å². The monoisotopic (exact) mass is 293 g/mol. The Labute approximate surface area is 124 Å². The lowest BCUT2D eigenvalue weighted by Gasteiger charge is -2.27. The van der Waals surface area contributed by atoms with Crippen LogP contribution in [0.25, 0.3) is 0 Å². The van der Waals surface area contributed by atoms with E-state index in [-0.39, 0.29) is 18.5 Å². The summed E-state index contributed by atoms with van der Waals surface area (Å²) in [5.41, 5.74) is 0. The number of nitrogens with zero attached hydrogens (tertiary/aromatic N) is 1. The number of nitrogens with one attached hydrogen (secondary N) is 2. The lowest BCUT2D eigenvalue weighted by atomic mass is 10.1. The second-order valence-corrected chi connectivity index (χ2v) is 5.26. The molecule has 2 heterocycles. The molecule has 1 fully saturated rings. The van der Waals surface area contributed by atoms with Crippen molar-refractivity contribution in [1.29, 1.82) is 0 Å². The Hall–Kier alpha value is -1.82. The summed E-state index contributed by atoms with van der Waals surface area (Å²) in [6, 6.07) is 3.49. The first-order valence-corrected chi connectivity index (χ1v) is 7.56. The molecule has 0 saturated carbocycles. The Balaban J connectivity index is 1.97. The third kappa shape index (κ3) is 4.60. The normalized spacial score (nSPS) is 19.8. The Morgan fingerprint density at radius 3 is 2.95 bits per heavy atom. The molecule has 0 radical (unpaired) electrons. The van der Waals surface area contributed by atoms with Crippen LogP contribution in [0.5, 0.6) is 0 Å². The summed E-state index contributed by atoms with van der Waals surface area (Å²) in [4.78, 5) is 25.5. The number of hydrogen-bond donors (Lipinski definition) is 2. The maximum Gasteiger partial charge on any atom is 0.321 e. The molecule has 0 bridgehead atoms. The van der Waals surface area contributed by atoms with Crippen molar-refractivity contribution >= 4 is 11.9 Å². The van der Waals surface area contributed by atoms with Crippen molar-refractivity contribution in [3.63, 3.8) is 0 Å². The summed E-state index contributed by atoms with van der Waals surface area (Å²) < 4.78 is 5.51. The average molecular weight is 293 g/mol. The van der Waals surface area contributed by atoms with Gasteiger partial charge in [0.15, 0.2) is 0 Å². The number of carbonyl (C=O) groups excluding carboxylic acids is 2. The van der Waals surface area contributed by atoms with Gasteiger partial charge in [0.25, 0.3) is 0 Å². The lowest BCUT2D eigenvalue weighted by Crippen LogP contribution is -2.45. The van der Waals surface area contributed by atoms with Crippen LogP contribution < -0.4 is 10.6 Å². The van der Waals surface area contributed by atoms with Crippen LogP contribution in [-0.4, -0.2) is 36.5 Å². The zero-order valence-electron chi connectivity index (χ0n) is 12.4. The third-order valence-corrected chi connectivity index (χ3v) is 3.67. The van der Waals surface area contributed by atoms with Gasteiger partial charge in [-0.1, -0.05) is 12.8 Å². The van der Waals surface area contributed by atoms with Gasteiger partial charge in [-0.2, -0.15) is 0 Å². The Kier molecular flexibility index (Phi) is 5.80. The maximum absolute atomic E-state index is 12.0. The second kappa shape index (κ2) is 7.83. The van der Waals surface area contributed by atoms with Crippen LogP contribution in [0.2, 0.25) is 0 Å². The molecular formula is C15H23N3O3. The zero-order valence-corrected chi connectivity index (χ0v) is 12.4. The van der Waals surface area contributed by atoms with E-state index in [4.69, 9.17) is 4.42 Å². The molecular weight excluding hydrogens is 270 g/mol. The van der Waals surface area contributed by atoms with E-state index in [1.54, 1.807) is 6.26 Å². The number of hydrogen-bond acceptors (Lipinski definition) is 4. The van der Waals surface area contributed by atoms with Crippen LogP contribution in [0, 0.1) is 0 Å². The van der Waals surface area contributed by atoms with Gasteiger partial charge in [0.05, 0.1) is 18.8 Å². The summed E-state index contributed by atoms with van der Waals surface area (Å²) in [5, 5.41) is 4.91. The molecule has 3 amide bonds. The molecule has 21 heavy (non-hydrogen) atoms. The minimum Gasteiger partial charge on any atom is -0.468 e. The van der Waals surface area contributed by atoms with Gasteiger partial charge in [-0.15, -0.1) is 0 Å². The number of carbonyl (C=O) groups is 2. The van der Waals surface area contributed by atoms with Crippen molar-refractivity contribution in [3.05, 3.63) is 24.2 Å². The summed E-state index contributed by atoms with van der Waals surface area (Å²) >= 11 is 0. The fourth-order valence-corrected chi connectivity index (χ4v) is 2.72. The smallest absolute Gasteiger partial charge is 0.321 e. The number of furan rings is 1. The number of amides is 3. The molecule has 1 aliphatic rings. The van der Waals surface area contributed by atoms with E-state index in [2.05, 4.69) is 15.5 Å². The molecule has 6 heteroatoms. The second-order valence-electron chi connectivity index (χ2n) is 5.26. The molecule has 1 atom stereocenters. The molecule has 1 aromatic rings. The predicted molar refractivity (Wildman–Crippen MR) is 78.7 cm³/mol. The summed E-state index contributed by atoms with van der Waals surface area (Å²) in [6.07, 6.45) is 5.98. The SMILES string of the molecule is CCNC(=O)NC(=O)CN1CCCCCC1c1ccco1.